The first-order valence-electron chi connectivity index (χ1n) is 7.39. The van der Waals surface area contributed by atoms with E-state index < -0.39 is 0 Å². The van der Waals surface area contributed by atoms with E-state index in [0.29, 0.717) is 34.5 Å². The summed E-state index contributed by atoms with van der Waals surface area (Å²) >= 11 is 6.14. The molecule has 1 N–H and O–H groups in total. The second-order valence-corrected chi connectivity index (χ2v) is 5.94. The lowest BCUT2D eigenvalue weighted by molar-refractivity contribution is 0.0994. The fourth-order valence-corrected chi connectivity index (χ4v) is 2.53. The summed E-state index contributed by atoms with van der Waals surface area (Å²) < 4.78 is 12.4. The number of nitrogens with one attached hydrogen (secondary N) is 1. The fourth-order valence-electron chi connectivity index (χ4n) is 2.40. The van der Waals surface area contributed by atoms with Crippen molar-refractivity contribution in [2.75, 3.05) is 5.32 Å². The molecule has 3 rings (SSSR count). The molecular weight excluding hydrogens is 332 g/mol. The van der Waals surface area contributed by atoms with Gasteiger partial charge in [0.05, 0.1) is 23.0 Å². The molecule has 24 heavy (non-hydrogen) atoms. The number of rotatable bonds is 4. The van der Waals surface area contributed by atoms with Crippen LogP contribution in [0.4, 0.5) is 5.69 Å². The molecule has 1 amide bonds. The molecule has 7 nitrogen and oxygen atoms in total. The van der Waals surface area contributed by atoms with E-state index in [2.05, 4.69) is 15.6 Å². The maximum atomic E-state index is 12.3. The molecule has 0 saturated carbocycles. The highest BCUT2D eigenvalue weighted by Crippen LogP contribution is 2.22. The summed E-state index contributed by atoms with van der Waals surface area (Å²) in [6, 6.07) is 3.36. The zero-order valence-corrected chi connectivity index (χ0v) is 14.6. The van der Waals surface area contributed by atoms with Gasteiger partial charge in [0, 0.05) is 0 Å². The summed E-state index contributed by atoms with van der Waals surface area (Å²) in [6.45, 7) is 7.62. The van der Waals surface area contributed by atoms with E-state index in [1.807, 2.05) is 13.8 Å². The Hall–Kier alpha value is -2.54. The zero-order chi connectivity index (χ0) is 17.4. The summed E-state index contributed by atoms with van der Waals surface area (Å²) in [6.07, 6.45) is 0. The summed E-state index contributed by atoms with van der Waals surface area (Å²) in [5, 5.41) is 11.5. The second kappa shape index (κ2) is 6.16. The Morgan fingerprint density at radius 1 is 1.25 bits per heavy atom. The number of aromatic nitrogens is 3. The lowest BCUT2D eigenvalue weighted by Crippen LogP contribution is -2.12. The Morgan fingerprint density at radius 2 is 2.00 bits per heavy atom. The van der Waals surface area contributed by atoms with Gasteiger partial charge in [0.2, 0.25) is 0 Å². The number of halogens is 1. The highest BCUT2D eigenvalue weighted by atomic mass is 35.5. The van der Waals surface area contributed by atoms with E-state index in [1.165, 1.54) is 0 Å². The highest BCUT2D eigenvalue weighted by molar-refractivity contribution is 6.31. The molecule has 0 spiro atoms. The highest BCUT2D eigenvalue weighted by Gasteiger charge is 2.17. The summed E-state index contributed by atoms with van der Waals surface area (Å²) in [4.78, 5) is 12.3. The molecule has 0 radical (unpaired) electrons. The molecule has 0 aliphatic carbocycles. The van der Waals surface area contributed by atoms with Crippen LogP contribution >= 0.6 is 11.6 Å². The molecule has 126 valence electrons. The molecule has 0 aromatic carbocycles. The monoisotopic (exact) mass is 348 g/mol. The van der Waals surface area contributed by atoms with Gasteiger partial charge in [-0.15, -0.1) is 0 Å². The Kier molecular flexibility index (Phi) is 4.19. The number of aryl methyl sites for hydroxylation is 3. The first-order chi connectivity index (χ1) is 11.4. The van der Waals surface area contributed by atoms with Crippen LogP contribution < -0.4 is 5.32 Å². The Morgan fingerprint density at radius 3 is 2.58 bits per heavy atom. The van der Waals surface area contributed by atoms with Crippen molar-refractivity contribution < 1.29 is 13.7 Å². The van der Waals surface area contributed by atoms with Crippen LogP contribution in [0.1, 0.15) is 39.2 Å². The smallest absolute Gasteiger partial charge is 0.291 e. The third-order valence-corrected chi connectivity index (χ3v) is 4.30. The van der Waals surface area contributed by atoms with Crippen molar-refractivity contribution in [2.45, 2.75) is 34.2 Å². The predicted octanol–water partition coefficient (Wildman–Crippen LogP) is 3.65. The summed E-state index contributed by atoms with van der Waals surface area (Å²) in [5.74, 6) is 1.01. The van der Waals surface area contributed by atoms with Gasteiger partial charge in [-0.25, -0.2) is 0 Å². The number of hydrogen-bond donors (Lipinski definition) is 1. The largest absolute Gasteiger partial charge is 0.454 e. The third kappa shape index (κ3) is 2.94. The average molecular weight is 349 g/mol. The van der Waals surface area contributed by atoms with Crippen LogP contribution in [0.5, 0.6) is 0 Å². The molecule has 0 saturated heterocycles. The molecule has 0 aliphatic heterocycles. The molecule has 0 unspecified atom stereocenters. The number of anilines is 1. The first kappa shape index (κ1) is 16.3. The van der Waals surface area contributed by atoms with Crippen LogP contribution in [0.15, 0.2) is 21.1 Å². The van der Waals surface area contributed by atoms with E-state index in [-0.39, 0.29) is 11.7 Å². The molecule has 0 fully saturated rings. The minimum atomic E-state index is -0.359. The van der Waals surface area contributed by atoms with Crippen LogP contribution in [-0.4, -0.2) is 20.8 Å². The van der Waals surface area contributed by atoms with Crippen molar-refractivity contribution in [3.05, 3.63) is 51.5 Å². The Labute approximate surface area is 143 Å². The SMILES string of the molecule is Cc1nn(Cc2ccc(C(=O)Nc3c(C)noc3C)o2)c(C)c1Cl. The lowest BCUT2D eigenvalue weighted by atomic mass is 10.3. The Balaban J connectivity index is 1.75. The van der Waals surface area contributed by atoms with E-state index >= 15 is 0 Å². The van der Waals surface area contributed by atoms with Gasteiger partial charge < -0.3 is 14.3 Å². The topological polar surface area (TPSA) is 86.1 Å². The minimum absolute atomic E-state index is 0.206. The number of furan rings is 1. The van der Waals surface area contributed by atoms with Crippen molar-refractivity contribution in [3.8, 4) is 0 Å². The van der Waals surface area contributed by atoms with Gasteiger partial charge in [-0.3, -0.25) is 9.48 Å². The maximum absolute atomic E-state index is 12.3. The van der Waals surface area contributed by atoms with Gasteiger partial charge in [0.25, 0.3) is 5.91 Å². The van der Waals surface area contributed by atoms with Gasteiger partial charge in [-0.2, -0.15) is 5.10 Å². The number of carbonyl (C=O) groups is 1. The number of hydrogen-bond acceptors (Lipinski definition) is 5. The molecule has 8 heteroatoms. The maximum Gasteiger partial charge on any atom is 0.291 e. The summed E-state index contributed by atoms with van der Waals surface area (Å²) in [5.41, 5.74) is 2.79. The molecule has 0 atom stereocenters. The number of amides is 1. The van der Waals surface area contributed by atoms with Gasteiger partial charge in [0.15, 0.2) is 11.5 Å². The van der Waals surface area contributed by atoms with Crippen LogP contribution in [0.2, 0.25) is 5.02 Å². The molecular formula is C16H17ClN4O3. The average Bonchev–Trinajstić information content (AvgIpc) is 3.20. The lowest BCUT2D eigenvalue weighted by Gasteiger charge is -2.03. The molecule has 0 aliphatic rings. The zero-order valence-electron chi connectivity index (χ0n) is 13.8. The van der Waals surface area contributed by atoms with Crippen molar-refractivity contribution in [1.29, 1.82) is 0 Å². The Bertz CT molecular complexity index is 887. The van der Waals surface area contributed by atoms with E-state index in [9.17, 15) is 4.79 Å². The molecule has 0 bridgehead atoms. The van der Waals surface area contributed by atoms with Crippen molar-refractivity contribution >= 4 is 23.2 Å². The summed E-state index contributed by atoms with van der Waals surface area (Å²) in [7, 11) is 0. The van der Waals surface area contributed by atoms with Crippen molar-refractivity contribution in [2.24, 2.45) is 0 Å². The van der Waals surface area contributed by atoms with Crippen LogP contribution in [0.3, 0.4) is 0 Å². The minimum Gasteiger partial charge on any atom is -0.454 e. The van der Waals surface area contributed by atoms with Crippen molar-refractivity contribution in [3.63, 3.8) is 0 Å². The molecule has 3 heterocycles. The number of carbonyl (C=O) groups excluding carboxylic acids is 1. The van der Waals surface area contributed by atoms with Gasteiger partial charge in [-0.05, 0) is 39.8 Å². The standard InChI is InChI=1S/C16H17ClN4O3/c1-8-14(17)10(3)21(19-8)7-12-5-6-13(23-12)16(22)18-15-9(2)20-24-11(15)4/h5-6H,7H2,1-4H3,(H,18,22). The van der Waals surface area contributed by atoms with Gasteiger partial charge in [0.1, 0.15) is 17.1 Å². The quantitative estimate of drug-likeness (QED) is 0.777. The van der Waals surface area contributed by atoms with Gasteiger partial charge >= 0.3 is 0 Å². The van der Waals surface area contributed by atoms with Crippen LogP contribution in [0, 0.1) is 27.7 Å². The van der Waals surface area contributed by atoms with Crippen LogP contribution in [-0.2, 0) is 6.54 Å². The van der Waals surface area contributed by atoms with Gasteiger partial charge in [-0.1, -0.05) is 16.8 Å². The van der Waals surface area contributed by atoms with E-state index in [4.69, 9.17) is 20.5 Å². The predicted molar refractivity (Wildman–Crippen MR) is 88.5 cm³/mol. The molecule has 3 aromatic rings. The second-order valence-electron chi connectivity index (χ2n) is 5.56. The third-order valence-electron chi connectivity index (χ3n) is 3.76. The van der Waals surface area contributed by atoms with E-state index in [1.54, 1.807) is 30.7 Å². The van der Waals surface area contributed by atoms with Crippen LogP contribution in [0.25, 0.3) is 0 Å². The normalized spacial score (nSPS) is 11.0. The molecule has 3 aromatic heterocycles. The first-order valence-corrected chi connectivity index (χ1v) is 7.77. The van der Waals surface area contributed by atoms with E-state index in [0.717, 1.165) is 11.4 Å². The number of nitrogens with zero attached hydrogens (tertiary/aromatic N) is 3. The van der Waals surface area contributed by atoms with Crippen molar-refractivity contribution in [1.82, 2.24) is 14.9 Å². The fraction of sp³-hybridized carbons (Fsp3) is 0.312.